The number of aromatic amines is 1. The summed E-state index contributed by atoms with van der Waals surface area (Å²) in [7, 11) is 0. The molecule has 5 heteroatoms. The zero-order chi connectivity index (χ0) is 12.7. The highest BCUT2D eigenvalue weighted by molar-refractivity contribution is 5.25. The molecule has 0 aliphatic heterocycles. The van der Waals surface area contributed by atoms with Crippen molar-refractivity contribution >= 4 is 0 Å². The van der Waals surface area contributed by atoms with Crippen LogP contribution in [0.2, 0.25) is 0 Å². The summed E-state index contributed by atoms with van der Waals surface area (Å²) in [6.45, 7) is 0. The SMILES string of the molecule is O=c1[nH]c2c(c(=O)n1C1CCCCC1)C(O)CC2. The summed E-state index contributed by atoms with van der Waals surface area (Å²) in [5.41, 5.74) is 0.468. The fourth-order valence-electron chi connectivity index (χ4n) is 3.24. The van der Waals surface area contributed by atoms with Crippen LogP contribution in [0.1, 0.15) is 61.9 Å². The largest absolute Gasteiger partial charge is 0.388 e. The molecule has 0 radical (unpaired) electrons. The van der Waals surface area contributed by atoms with Crippen LogP contribution in [0.25, 0.3) is 0 Å². The molecule has 0 amide bonds. The molecule has 1 atom stereocenters. The smallest absolute Gasteiger partial charge is 0.328 e. The summed E-state index contributed by atoms with van der Waals surface area (Å²) in [4.78, 5) is 27.2. The van der Waals surface area contributed by atoms with Crippen molar-refractivity contribution in [2.75, 3.05) is 0 Å². The molecule has 2 aliphatic rings. The molecule has 1 saturated carbocycles. The number of aliphatic hydroxyl groups is 1. The quantitative estimate of drug-likeness (QED) is 0.781. The Kier molecular flexibility index (Phi) is 2.86. The summed E-state index contributed by atoms with van der Waals surface area (Å²) in [5.74, 6) is 0. The van der Waals surface area contributed by atoms with E-state index in [9.17, 15) is 14.7 Å². The van der Waals surface area contributed by atoms with E-state index in [-0.39, 0.29) is 17.3 Å². The highest BCUT2D eigenvalue weighted by Gasteiger charge is 2.29. The van der Waals surface area contributed by atoms with Gasteiger partial charge in [0, 0.05) is 11.7 Å². The van der Waals surface area contributed by atoms with Crippen LogP contribution < -0.4 is 11.2 Å². The Morgan fingerprint density at radius 1 is 1.11 bits per heavy atom. The predicted molar refractivity (Wildman–Crippen MR) is 66.7 cm³/mol. The molecule has 0 aromatic carbocycles. The molecular weight excluding hydrogens is 232 g/mol. The van der Waals surface area contributed by atoms with E-state index < -0.39 is 6.10 Å². The lowest BCUT2D eigenvalue weighted by Crippen LogP contribution is -2.41. The van der Waals surface area contributed by atoms with Gasteiger partial charge in [-0.15, -0.1) is 0 Å². The van der Waals surface area contributed by atoms with Crippen LogP contribution in [0, 0.1) is 0 Å². The monoisotopic (exact) mass is 250 g/mol. The number of fused-ring (bicyclic) bond motifs is 1. The van der Waals surface area contributed by atoms with Gasteiger partial charge in [0.05, 0.1) is 11.7 Å². The van der Waals surface area contributed by atoms with E-state index in [2.05, 4.69) is 4.98 Å². The predicted octanol–water partition coefficient (Wildman–Crippen LogP) is 1.02. The molecule has 0 saturated heterocycles. The topological polar surface area (TPSA) is 75.1 Å². The highest BCUT2D eigenvalue weighted by Crippen LogP contribution is 2.28. The van der Waals surface area contributed by atoms with Gasteiger partial charge in [-0.05, 0) is 25.7 Å². The number of hydrogen-bond donors (Lipinski definition) is 2. The van der Waals surface area contributed by atoms with Crippen molar-refractivity contribution in [2.24, 2.45) is 0 Å². The molecule has 1 heterocycles. The Hall–Kier alpha value is -1.36. The van der Waals surface area contributed by atoms with Gasteiger partial charge in [-0.1, -0.05) is 19.3 Å². The second kappa shape index (κ2) is 4.39. The first kappa shape index (κ1) is 11.7. The normalized spacial score (nSPS) is 24.2. The Morgan fingerprint density at radius 2 is 1.83 bits per heavy atom. The number of H-pyrrole nitrogens is 1. The fraction of sp³-hybridized carbons (Fsp3) is 0.692. The van der Waals surface area contributed by atoms with Gasteiger partial charge in [0.25, 0.3) is 5.56 Å². The number of nitrogens with one attached hydrogen (secondary N) is 1. The molecule has 1 unspecified atom stereocenters. The van der Waals surface area contributed by atoms with Crippen LogP contribution >= 0.6 is 0 Å². The molecule has 2 aliphatic carbocycles. The zero-order valence-electron chi connectivity index (χ0n) is 10.3. The lowest BCUT2D eigenvalue weighted by Gasteiger charge is -2.23. The van der Waals surface area contributed by atoms with E-state index >= 15 is 0 Å². The van der Waals surface area contributed by atoms with E-state index in [0.717, 1.165) is 25.7 Å². The Labute approximate surface area is 104 Å². The Morgan fingerprint density at radius 3 is 2.56 bits per heavy atom. The molecule has 1 aromatic heterocycles. The van der Waals surface area contributed by atoms with Crippen molar-refractivity contribution in [1.29, 1.82) is 0 Å². The Balaban J connectivity index is 2.12. The summed E-state index contributed by atoms with van der Waals surface area (Å²) < 4.78 is 1.34. The second-order valence-electron chi connectivity index (χ2n) is 5.34. The van der Waals surface area contributed by atoms with Gasteiger partial charge in [-0.25, -0.2) is 4.79 Å². The van der Waals surface area contributed by atoms with E-state index in [0.29, 0.717) is 24.1 Å². The highest BCUT2D eigenvalue weighted by atomic mass is 16.3. The van der Waals surface area contributed by atoms with Crippen molar-refractivity contribution in [3.05, 3.63) is 32.1 Å². The molecule has 98 valence electrons. The second-order valence-corrected chi connectivity index (χ2v) is 5.34. The van der Waals surface area contributed by atoms with E-state index in [1.807, 2.05) is 0 Å². The molecule has 1 aromatic rings. The number of hydrogen-bond acceptors (Lipinski definition) is 3. The summed E-state index contributed by atoms with van der Waals surface area (Å²) in [6.07, 6.45) is 5.50. The minimum Gasteiger partial charge on any atom is -0.388 e. The average molecular weight is 250 g/mol. The summed E-state index contributed by atoms with van der Waals surface area (Å²) in [6, 6.07) is 0.00750. The first-order chi connectivity index (χ1) is 8.68. The van der Waals surface area contributed by atoms with Gasteiger partial charge in [-0.2, -0.15) is 0 Å². The molecule has 3 rings (SSSR count). The van der Waals surface area contributed by atoms with Crippen molar-refractivity contribution in [3.8, 4) is 0 Å². The molecule has 2 N–H and O–H groups in total. The van der Waals surface area contributed by atoms with E-state index in [1.54, 1.807) is 0 Å². The third-order valence-electron chi connectivity index (χ3n) is 4.19. The molecule has 5 nitrogen and oxygen atoms in total. The van der Waals surface area contributed by atoms with Gasteiger partial charge in [0.15, 0.2) is 0 Å². The maximum absolute atomic E-state index is 12.4. The maximum Gasteiger partial charge on any atom is 0.328 e. The number of nitrogens with zero attached hydrogens (tertiary/aromatic N) is 1. The minimum atomic E-state index is -0.709. The number of aromatic nitrogens is 2. The standard InChI is InChI=1S/C13H18N2O3/c16-10-7-6-9-11(10)12(17)15(13(18)14-9)8-4-2-1-3-5-8/h8,10,16H,1-7H2,(H,14,18). The van der Waals surface area contributed by atoms with Crippen LogP contribution in [0.15, 0.2) is 9.59 Å². The van der Waals surface area contributed by atoms with Gasteiger partial charge in [0.1, 0.15) is 0 Å². The fourth-order valence-corrected chi connectivity index (χ4v) is 3.24. The summed E-state index contributed by atoms with van der Waals surface area (Å²) >= 11 is 0. The first-order valence-corrected chi connectivity index (χ1v) is 6.74. The van der Waals surface area contributed by atoms with Crippen LogP contribution in [0.4, 0.5) is 0 Å². The molecular formula is C13H18N2O3. The average Bonchev–Trinajstić information content (AvgIpc) is 2.72. The zero-order valence-corrected chi connectivity index (χ0v) is 10.3. The van der Waals surface area contributed by atoms with Crippen molar-refractivity contribution in [2.45, 2.75) is 57.1 Å². The first-order valence-electron chi connectivity index (χ1n) is 6.74. The van der Waals surface area contributed by atoms with Crippen LogP contribution in [-0.2, 0) is 6.42 Å². The molecule has 18 heavy (non-hydrogen) atoms. The number of rotatable bonds is 1. The third-order valence-corrected chi connectivity index (χ3v) is 4.19. The van der Waals surface area contributed by atoms with Gasteiger partial charge < -0.3 is 10.1 Å². The molecule has 0 bridgehead atoms. The van der Waals surface area contributed by atoms with Crippen LogP contribution in [0.5, 0.6) is 0 Å². The van der Waals surface area contributed by atoms with E-state index in [1.165, 1.54) is 11.0 Å². The lowest BCUT2D eigenvalue weighted by atomic mass is 9.95. The van der Waals surface area contributed by atoms with Gasteiger partial charge >= 0.3 is 5.69 Å². The number of aryl methyl sites for hydroxylation is 1. The third kappa shape index (κ3) is 1.73. The lowest BCUT2D eigenvalue weighted by molar-refractivity contribution is 0.177. The van der Waals surface area contributed by atoms with E-state index in [4.69, 9.17) is 0 Å². The summed E-state index contributed by atoms with van der Waals surface area (Å²) in [5, 5.41) is 9.84. The van der Waals surface area contributed by atoms with Crippen molar-refractivity contribution in [1.82, 2.24) is 9.55 Å². The van der Waals surface area contributed by atoms with Crippen LogP contribution in [-0.4, -0.2) is 14.7 Å². The minimum absolute atomic E-state index is 0.00750. The number of aliphatic hydroxyl groups excluding tert-OH is 1. The van der Waals surface area contributed by atoms with Crippen molar-refractivity contribution < 1.29 is 5.11 Å². The van der Waals surface area contributed by atoms with Gasteiger partial charge in [0.2, 0.25) is 0 Å². The maximum atomic E-state index is 12.4. The molecule has 0 spiro atoms. The Bertz CT molecular complexity index is 567. The van der Waals surface area contributed by atoms with Crippen LogP contribution in [0.3, 0.4) is 0 Å². The van der Waals surface area contributed by atoms with Crippen molar-refractivity contribution in [3.63, 3.8) is 0 Å². The van der Waals surface area contributed by atoms with Gasteiger partial charge in [-0.3, -0.25) is 9.36 Å². The molecule has 1 fully saturated rings.